The molecule has 4 rings (SSSR count). The van der Waals surface area contributed by atoms with Gasteiger partial charge in [-0.15, -0.1) is 0 Å². The largest absolute Gasteiger partial charge is 0.390 e. The highest BCUT2D eigenvalue weighted by atomic mass is 19.1. The first-order chi connectivity index (χ1) is 13.6. The number of amides is 1. The zero-order chi connectivity index (χ0) is 19.5. The number of aliphatic hydroxyl groups is 1. The number of hydrogen-bond donors (Lipinski definition) is 1. The molecular formula is C21H25FN4O2. The summed E-state index contributed by atoms with van der Waals surface area (Å²) in [5.74, 6) is -0.284. The molecule has 1 N–H and O–H groups in total. The van der Waals surface area contributed by atoms with Gasteiger partial charge in [0, 0.05) is 57.7 Å². The Morgan fingerprint density at radius 3 is 2.54 bits per heavy atom. The number of aliphatic hydroxyl groups excluding tert-OH is 1. The van der Waals surface area contributed by atoms with E-state index in [-0.39, 0.29) is 17.8 Å². The highest BCUT2D eigenvalue weighted by molar-refractivity contribution is 5.93. The summed E-state index contributed by atoms with van der Waals surface area (Å²) in [6.07, 6.45) is 3.34. The SMILES string of the molecule is O=C(c1cccnc1)N1CC[C@@H](N2CCN(c3ccccc3F)CC2)[C@H](O)C1. The Hall–Kier alpha value is -2.51. The standard InChI is InChI=1S/C21H25FN4O2/c22-17-5-1-2-6-18(17)24-10-12-25(13-11-24)19-7-9-26(15-20(19)27)21(28)16-4-3-8-23-14-16/h1-6,8,14,19-20,27H,7,9-13,15H2/t19-,20-/m1/s1. The summed E-state index contributed by atoms with van der Waals surface area (Å²) in [7, 11) is 0. The Morgan fingerprint density at radius 2 is 1.86 bits per heavy atom. The van der Waals surface area contributed by atoms with Crippen LogP contribution in [0.15, 0.2) is 48.8 Å². The van der Waals surface area contributed by atoms with Gasteiger partial charge in [0.15, 0.2) is 0 Å². The van der Waals surface area contributed by atoms with Crippen molar-refractivity contribution in [3.8, 4) is 0 Å². The minimum atomic E-state index is -0.589. The van der Waals surface area contributed by atoms with E-state index in [9.17, 15) is 14.3 Å². The molecule has 6 nitrogen and oxygen atoms in total. The lowest BCUT2D eigenvalue weighted by Gasteiger charge is -2.45. The smallest absolute Gasteiger partial charge is 0.255 e. The molecule has 1 aromatic heterocycles. The molecule has 0 radical (unpaired) electrons. The van der Waals surface area contributed by atoms with Crippen LogP contribution in [0.2, 0.25) is 0 Å². The van der Waals surface area contributed by atoms with Crippen molar-refractivity contribution in [1.82, 2.24) is 14.8 Å². The molecule has 1 amide bonds. The predicted molar refractivity (Wildman–Crippen MR) is 105 cm³/mol. The Bertz CT molecular complexity index is 811. The van der Waals surface area contributed by atoms with Crippen molar-refractivity contribution >= 4 is 11.6 Å². The van der Waals surface area contributed by atoms with Crippen molar-refractivity contribution in [3.05, 3.63) is 60.2 Å². The van der Waals surface area contributed by atoms with E-state index in [0.29, 0.717) is 24.3 Å². The number of piperidine rings is 1. The van der Waals surface area contributed by atoms with Crippen molar-refractivity contribution in [3.63, 3.8) is 0 Å². The first kappa shape index (κ1) is 18.8. The van der Waals surface area contributed by atoms with Crippen LogP contribution in [-0.4, -0.2) is 77.2 Å². The molecule has 0 spiro atoms. The van der Waals surface area contributed by atoms with Crippen molar-refractivity contribution < 1.29 is 14.3 Å². The van der Waals surface area contributed by atoms with Gasteiger partial charge < -0.3 is 14.9 Å². The molecule has 2 saturated heterocycles. The second kappa shape index (κ2) is 8.24. The number of carbonyl (C=O) groups is 1. The van der Waals surface area contributed by atoms with E-state index in [4.69, 9.17) is 0 Å². The number of likely N-dealkylation sites (tertiary alicyclic amines) is 1. The number of β-amino-alcohol motifs (C(OH)–C–C–N with tert-alkyl or cyclic N) is 1. The number of pyridine rings is 1. The molecule has 148 valence electrons. The fourth-order valence-electron chi connectivity index (χ4n) is 4.20. The molecule has 28 heavy (non-hydrogen) atoms. The van der Waals surface area contributed by atoms with Crippen LogP contribution in [0.5, 0.6) is 0 Å². The Labute approximate surface area is 164 Å². The van der Waals surface area contributed by atoms with E-state index in [0.717, 1.165) is 32.6 Å². The van der Waals surface area contributed by atoms with Crippen LogP contribution >= 0.6 is 0 Å². The molecule has 0 saturated carbocycles. The summed E-state index contributed by atoms with van der Waals surface area (Å²) in [5, 5.41) is 10.7. The molecule has 3 heterocycles. The normalized spacial score (nSPS) is 23.6. The third-order valence-electron chi connectivity index (χ3n) is 5.72. The maximum Gasteiger partial charge on any atom is 0.255 e. The Morgan fingerprint density at radius 1 is 1.07 bits per heavy atom. The molecule has 2 aliphatic heterocycles. The summed E-state index contributed by atoms with van der Waals surface area (Å²) in [4.78, 5) is 22.6. The van der Waals surface area contributed by atoms with E-state index in [1.807, 2.05) is 12.1 Å². The van der Waals surface area contributed by atoms with Crippen LogP contribution in [0.25, 0.3) is 0 Å². The second-order valence-corrected chi connectivity index (χ2v) is 7.39. The first-order valence-electron chi connectivity index (χ1n) is 9.74. The van der Waals surface area contributed by atoms with Crippen molar-refractivity contribution in [2.24, 2.45) is 0 Å². The van der Waals surface area contributed by atoms with Gasteiger partial charge in [0.05, 0.1) is 17.4 Å². The van der Waals surface area contributed by atoms with Gasteiger partial charge in [-0.3, -0.25) is 14.7 Å². The van der Waals surface area contributed by atoms with Gasteiger partial charge in [0.1, 0.15) is 5.82 Å². The van der Waals surface area contributed by atoms with Crippen LogP contribution in [0.3, 0.4) is 0 Å². The first-order valence-corrected chi connectivity index (χ1v) is 9.74. The highest BCUT2D eigenvalue weighted by Crippen LogP contribution is 2.24. The molecule has 7 heteroatoms. The van der Waals surface area contributed by atoms with Crippen molar-refractivity contribution in [2.45, 2.75) is 18.6 Å². The minimum Gasteiger partial charge on any atom is -0.390 e. The average Bonchev–Trinajstić information content (AvgIpc) is 2.74. The molecule has 0 aliphatic carbocycles. The maximum absolute atomic E-state index is 14.0. The molecule has 2 fully saturated rings. The number of nitrogens with zero attached hydrogens (tertiary/aromatic N) is 4. The summed E-state index contributed by atoms with van der Waals surface area (Å²) in [6.45, 7) is 3.93. The molecule has 2 atom stereocenters. The molecule has 2 aliphatic rings. The molecule has 2 aromatic rings. The summed E-state index contributed by atoms with van der Waals surface area (Å²) in [6, 6.07) is 10.4. The van der Waals surface area contributed by atoms with Crippen molar-refractivity contribution in [2.75, 3.05) is 44.2 Å². The molecule has 1 aromatic carbocycles. The third kappa shape index (κ3) is 3.86. The quantitative estimate of drug-likeness (QED) is 0.872. The van der Waals surface area contributed by atoms with Gasteiger partial charge in [-0.25, -0.2) is 4.39 Å². The number of para-hydroxylation sites is 1. The summed E-state index contributed by atoms with van der Waals surface area (Å²) >= 11 is 0. The zero-order valence-corrected chi connectivity index (χ0v) is 15.7. The molecule has 0 bridgehead atoms. The van der Waals surface area contributed by atoms with Crippen LogP contribution in [-0.2, 0) is 0 Å². The number of carbonyl (C=O) groups excluding carboxylic acids is 1. The van der Waals surface area contributed by atoms with E-state index < -0.39 is 6.10 Å². The Balaban J connectivity index is 1.33. The van der Waals surface area contributed by atoms with Gasteiger partial charge >= 0.3 is 0 Å². The summed E-state index contributed by atoms with van der Waals surface area (Å²) < 4.78 is 14.0. The van der Waals surface area contributed by atoms with Crippen LogP contribution in [0.1, 0.15) is 16.8 Å². The van der Waals surface area contributed by atoms with Gasteiger partial charge in [0.2, 0.25) is 0 Å². The van der Waals surface area contributed by atoms with Crippen LogP contribution in [0.4, 0.5) is 10.1 Å². The number of hydrogen-bond acceptors (Lipinski definition) is 5. The third-order valence-corrected chi connectivity index (χ3v) is 5.72. The Kier molecular flexibility index (Phi) is 5.54. The minimum absolute atomic E-state index is 0.0284. The lowest BCUT2D eigenvalue weighted by molar-refractivity contribution is -0.0107. The number of benzene rings is 1. The number of aromatic nitrogens is 1. The lowest BCUT2D eigenvalue weighted by Crippen LogP contribution is -2.59. The van der Waals surface area contributed by atoms with E-state index in [2.05, 4.69) is 14.8 Å². The fraction of sp³-hybridized carbons (Fsp3) is 0.429. The van der Waals surface area contributed by atoms with Gasteiger partial charge in [-0.1, -0.05) is 12.1 Å². The zero-order valence-electron chi connectivity index (χ0n) is 15.7. The topological polar surface area (TPSA) is 59.9 Å². The maximum atomic E-state index is 14.0. The highest BCUT2D eigenvalue weighted by Gasteiger charge is 2.35. The number of anilines is 1. The number of halogens is 1. The monoisotopic (exact) mass is 384 g/mol. The number of rotatable bonds is 3. The molecular weight excluding hydrogens is 359 g/mol. The van der Waals surface area contributed by atoms with Crippen molar-refractivity contribution in [1.29, 1.82) is 0 Å². The molecule has 0 unspecified atom stereocenters. The van der Waals surface area contributed by atoms with E-state index in [1.54, 1.807) is 35.5 Å². The van der Waals surface area contributed by atoms with Gasteiger partial charge in [-0.2, -0.15) is 0 Å². The fourth-order valence-corrected chi connectivity index (χ4v) is 4.20. The average molecular weight is 384 g/mol. The lowest BCUT2D eigenvalue weighted by atomic mass is 9.98. The number of piperazine rings is 1. The predicted octanol–water partition coefficient (Wildman–Crippen LogP) is 1.62. The van der Waals surface area contributed by atoms with Crippen LogP contribution < -0.4 is 4.90 Å². The van der Waals surface area contributed by atoms with Gasteiger partial charge in [-0.05, 0) is 30.7 Å². The van der Waals surface area contributed by atoms with E-state index in [1.165, 1.54) is 6.07 Å². The second-order valence-electron chi connectivity index (χ2n) is 7.39. The summed E-state index contributed by atoms with van der Waals surface area (Å²) in [5.41, 5.74) is 1.19. The van der Waals surface area contributed by atoms with E-state index >= 15 is 0 Å². The van der Waals surface area contributed by atoms with Gasteiger partial charge in [0.25, 0.3) is 5.91 Å². The van der Waals surface area contributed by atoms with Crippen LogP contribution in [0, 0.1) is 5.82 Å².